The van der Waals surface area contributed by atoms with E-state index < -0.39 is 0 Å². The second-order valence-electron chi connectivity index (χ2n) is 3.78. The van der Waals surface area contributed by atoms with Gasteiger partial charge in [0.15, 0.2) is 5.22 Å². The van der Waals surface area contributed by atoms with Gasteiger partial charge < -0.3 is 9.52 Å². The van der Waals surface area contributed by atoms with Crippen molar-refractivity contribution >= 4 is 11.6 Å². The SMILES string of the molecule is OCC1CCN(Cc2ccc(Cl)o2)C1. The van der Waals surface area contributed by atoms with E-state index in [4.69, 9.17) is 21.1 Å². The van der Waals surface area contributed by atoms with E-state index in [-0.39, 0.29) is 6.61 Å². The van der Waals surface area contributed by atoms with E-state index in [2.05, 4.69) is 4.90 Å². The first-order valence-electron chi connectivity index (χ1n) is 4.85. The molecule has 1 aromatic rings. The van der Waals surface area contributed by atoms with Gasteiger partial charge in [0.05, 0.1) is 6.54 Å². The first-order chi connectivity index (χ1) is 6.78. The van der Waals surface area contributed by atoms with Gasteiger partial charge in [-0.25, -0.2) is 0 Å². The maximum Gasteiger partial charge on any atom is 0.193 e. The average Bonchev–Trinajstić information content (AvgIpc) is 2.76. The number of hydrogen-bond donors (Lipinski definition) is 1. The summed E-state index contributed by atoms with van der Waals surface area (Å²) >= 11 is 5.68. The minimum Gasteiger partial charge on any atom is -0.448 e. The molecular weight excluding hydrogens is 202 g/mol. The molecule has 0 saturated carbocycles. The summed E-state index contributed by atoms with van der Waals surface area (Å²) in [4.78, 5) is 2.27. The summed E-state index contributed by atoms with van der Waals surface area (Å²) in [7, 11) is 0. The van der Waals surface area contributed by atoms with Gasteiger partial charge in [-0.3, -0.25) is 4.90 Å². The summed E-state index contributed by atoms with van der Waals surface area (Å²) in [6.07, 6.45) is 1.07. The highest BCUT2D eigenvalue weighted by Crippen LogP contribution is 2.20. The predicted molar refractivity (Wildman–Crippen MR) is 54.2 cm³/mol. The van der Waals surface area contributed by atoms with Crippen molar-refractivity contribution in [2.45, 2.75) is 13.0 Å². The molecule has 2 rings (SSSR count). The van der Waals surface area contributed by atoms with Crippen LogP contribution in [0.3, 0.4) is 0 Å². The zero-order chi connectivity index (χ0) is 9.97. The van der Waals surface area contributed by atoms with Crippen molar-refractivity contribution in [1.29, 1.82) is 0 Å². The number of aliphatic hydroxyl groups is 1. The largest absolute Gasteiger partial charge is 0.448 e. The molecule has 14 heavy (non-hydrogen) atoms. The lowest BCUT2D eigenvalue weighted by atomic mass is 10.1. The summed E-state index contributed by atoms with van der Waals surface area (Å²) in [5.41, 5.74) is 0. The van der Waals surface area contributed by atoms with Crippen LogP contribution in [0.15, 0.2) is 16.5 Å². The molecule has 1 aliphatic rings. The molecule has 0 spiro atoms. The van der Waals surface area contributed by atoms with Crippen LogP contribution in [-0.4, -0.2) is 29.7 Å². The molecule has 3 nitrogen and oxygen atoms in total. The molecule has 1 aliphatic heterocycles. The highest BCUT2D eigenvalue weighted by molar-refractivity contribution is 6.28. The Hall–Kier alpha value is -0.510. The Morgan fingerprint density at radius 3 is 3.00 bits per heavy atom. The van der Waals surface area contributed by atoms with Crippen molar-refractivity contribution in [2.24, 2.45) is 5.92 Å². The molecule has 1 fully saturated rings. The molecule has 1 saturated heterocycles. The van der Waals surface area contributed by atoms with Gasteiger partial charge in [-0.15, -0.1) is 0 Å². The Labute approximate surface area is 88.3 Å². The molecule has 0 aliphatic carbocycles. The van der Waals surface area contributed by atoms with Gasteiger partial charge >= 0.3 is 0 Å². The third kappa shape index (κ3) is 2.29. The number of furan rings is 1. The van der Waals surface area contributed by atoms with Crippen molar-refractivity contribution in [3.8, 4) is 0 Å². The molecule has 0 radical (unpaired) electrons. The van der Waals surface area contributed by atoms with Crippen LogP contribution in [0.5, 0.6) is 0 Å². The maximum atomic E-state index is 8.98. The van der Waals surface area contributed by atoms with Crippen molar-refractivity contribution in [1.82, 2.24) is 4.90 Å². The summed E-state index contributed by atoms with van der Waals surface area (Å²) in [6.45, 7) is 3.07. The first-order valence-corrected chi connectivity index (χ1v) is 5.23. The van der Waals surface area contributed by atoms with Crippen LogP contribution in [0.1, 0.15) is 12.2 Å². The number of aliphatic hydroxyl groups excluding tert-OH is 1. The average molecular weight is 216 g/mol. The molecule has 0 amide bonds. The Balaban J connectivity index is 1.87. The number of rotatable bonds is 3. The minimum absolute atomic E-state index is 0.287. The quantitative estimate of drug-likeness (QED) is 0.835. The number of likely N-dealkylation sites (tertiary alicyclic amines) is 1. The number of halogens is 1. The zero-order valence-electron chi connectivity index (χ0n) is 7.95. The first kappa shape index (κ1) is 10.0. The van der Waals surface area contributed by atoms with Crippen molar-refractivity contribution in [2.75, 3.05) is 19.7 Å². The molecule has 4 heteroatoms. The summed E-state index contributed by atoms with van der Waals surface area (Å²) in [6, 6.07) is 3.66. The van der Waals surface area contributed by atoms with Gasteiger partial charge in [-0.2, -0.15) is 0 Å². The van der Waals surface area contributed by atoms with Gasteiger partial charge in [0.25, 0.3) is 0 Å². The fourth-order valence-corrected chi connectivity index (χ4v) is 2.02. The van der Waals surface area contributed by atoms with Crippen LogP contribution < -0.4 is 0 Å². The molecule has 1 aromatic heterocycles. The highest BCUT2D eigenvalue weighted by atomic mass is 35.5. The van der Waals surface area contributed by atoms with E-state index >= 15 is 0 Å². The molecular formula is C10H14ClNO2. The van der Waals surface area contributed by atoms with Gasteiger partial charge in [0.1, 0.15) is 5.76 Å². The van der Waals surface area contributed by atoms with Crippen LogP contribution in [-0.2, 0) is 6.54 Å². The van der Waals surface area contributed by atoms with Crippen LogP contribution in [0.4, 0.5) is 0 Å². The lowest BCUT2D eigenvalue weighted by molar-refractivity contribution is 0.216. The second-order valence-corrected chi connectivity index (χ2v) is 4.15. The van der Waals surface area contributed by atoms with E-state index in [0.717, 1.165) is 31.8 Å². The summed E-state index contributed by atoms with van der Waals surface area (Å²) < 4.78 is 5.28. The fraction of sp³-hybridized carbons (Fsp3) is 0.600. The third-order valence-electron chi connectivity index (χ3n) is 2.64. The van der Waals surface area contributed by atoms with Crippen molar-refractivity contribution in [3.05, 3.63) is 23.1 Å². The van der Waals surface area contributed by atoms with E-state index in [1.54, 1.807) is 6.07 Å². The third-order valence-corrected chi connectivity index (χ3v) is 2.84. The van der Waals surface area contributed by atoms with Gasteiger partial charge in [0.2, 0.25) is 0 Å². The van der Waals surface area contributed by atoms with Crippen LogP contribution in [0.2, 0.25) is 5.22 Å². The Kier molecular flexibility index (Phi) is 3.11. The molecule has 2 heterocycles. The second kappa shape index (κ2) is 4.34. The van der Waals surface area contributed by atoms with Crippen molar-refractivity contribution in [3.63, 3.8) is 0 Å². The van der Waals surface area contributed by atoms with E-state index in [1.165, 1.54) is 0 Å². The summed E-state index contributed by atoms with van der Waals surface area (Å²) in [5, 5.41) is 9.43. The van der Waals surface area contributed by atoms with E-state index in [1.807, 2.05) is 6.07 Å². The van der Waals surface area contributed by atoms with Gasteiger partial charge in [-0.05, 0) is 42.6 Å². The van der Waals surface area contributed by atoms with E-state index in [0.29, 0.717) is 11.1 Å². The minimum atomic E-state index is 0.287. The molecule has 78 valence electrons. The smallest absolute Gasteiger partial charge is 0.193 e. The standard InChI is InChI=1S/C10H14ClNO2/c11-10-2-1-9(14-10)6-12-4-3-8(5-12)7-13/h1-2,8,13H,3-7H2. The molecule has 1 atom stereocenters. The van der Waals surface area contributed by atoms with Gasteiger partial charge in [-0.1, -0.05) is 0 Å². The molecule has 1 unspecified atom stereocenters. The summed E-state index contributed by atoms with van der Waals surface area (Å²) in [5.74, 6) is 1.33. The van der Waals surface area contributed by atoms with Crippen LogP contribution in [0.25, 0.3) is 0 Å². The lowest BCUT2D eigenvalue weighted by Gasteiger charge is -2.13. The van der Waals surface area contributed by atoms with E-state index in [9.17, 15) is 0 Å². The Morgan fingerprint density at radius 2 is 2.43 bits per heavy atom. The topological polar surface area (TPSA) is 36.6 Å². The molecule has 0 aromatic carbocycles. The van der Waals surface area contributed by atoms with Crippen LogP contribution >= 0.6 is 11.6 Å². The molecule has 0 bridgehead atoms. The maximum absolute atomic E-state index is 8.98. The van der Waals surface area contributed by atoms with Crippen molar-refractivity contribution < 1.29 is 9.52 Å². The molecule has 1 N–H and O–H groups in total. The number of hydrogen-bond acceptors (Lipinski definition) is 3. The number of nitrogens with zero attached hydrogens (tertiary/aromatic N) is 1. The monoisotopic (exact) mass is 215 g/mol. The zero-order valence-corrected chi connectivity index (χ0v) is 8.70. The normalized spacial score (nSPS) is 23.1. The Bertz CT molecular complexity index is 300. The predicted octanol–water partition coefficient (Wildman–Crippen LogP) is 1.75. The Morgan fingerprint density at radius 1 is 1.57 bits per heavy atom. The van der Waals surface area contributed by atoms with Crippen LogP contribution in [0, 0.1) is 5.92 Å². The lowest BCUT2D eigenvalue weighted by Crippen LogP contribution is -2.20. The van der Waals surface area contributed by atoms with Gasteiger partial charge in [0, 0.05) is 13.2 Å². The highest BCUT2D eigenvalue weighted by Gasteiger charge is 2.22. The fourth-order valence-electron chi connectivity index (χ4n) is 1.86.